The molecule has 2 N–H and O–H groups in total. The standard InChI is InChI=1S/C21H16ClFN2O2/c22-17-2-1-3-19(12-17)25-21(27)16-8-6-15(7-9-16)20(26)24-13-14-4-10-18(23)11-5-14/h1-12H,13H2,(H,24,26)(H,25,27). The summed E-state index contributed by atoms with van der Waals surface area (Å²) in [6.45, 7) is 0.288. The number of amides is 2. The molecule has 0 saturated carbocycles. The molecule has 0 bridgehead atoms. The summed E-state index contributed by atoms with van der Waals surface area (Å²) in [5.41, 5.74) is 2.23. The van der Waals surface area contributed by atoms with Crippen molar-refractivity contribution in [3.05, 3.63) is 100 Å². The van der Waals surface area contributed by atoms with Crippen LogP contribution < -0.4 is 10.6 Å². The van der Waals surface area contributed by atoms with Crippen molar-refractivity contribution in [1.29, 1.82) is 0 Å². The van der Waals surface area contributed by atoms with Gasteiger partial charge in [-0.15, -0.1) is 0 Å². The number of rotatable bonds is 5. The maximum Gasteiger partial charge on any atom is 0.255 e. The zero-order chi connectivity index (χ0) is 19.2. The van der Waals surface area contributed by atoms with Crippen molar-refractivity contribution in [2.45, 2.75) is 6.54 Å². The van der Waals surface area contributed by atoms with Crippen molar-refractivity contribution in [3.8, 4) is 0 Å². The Labute approximate surface area is 161 Å². The van der Waals surface area contributed by atoms with Gasteiger partial charge in [0.05, 0.1) is 0 Å². The molecule has 3 aromatic rings. The third-order valence-electron chi connectivity index (χ3n) is 3.86. The number of hydrogen-bond acceptors (Lipinski definition) is 2. The van der Waals surface area contributed by atoms with E-state index in [0.717, 1.165) is 5.56 Å². The van der Waals surface area contributed by atoms with E-state index >= 15 is 0 Å². The predicted molar refractivity (Wildman–Crippen MR) is 103 cm³/mol. The topological polar surface area (TPSA) is 58.2 Å². The van der Waals surface area contributed by atoms with Crippen LogP contribution in [0.5, 0.6) is 0 Å². The number of anilines is 1. The van der Waals surface area contributed by atoms with Gasteiger partial charge in [-0.2, -0.15) is 0 Å². The normalized spacial score (nSPS) is 10.3. The van der Waals surface area contributed by atoms with Crippen LogP contribution in [0.1, 0.15) is 26.3 Å². The average molecular weight is 383 g/mol. The minimum atomic E-state index is -0.322. The molecule has 4 nitrogen and oxygen atoms in total. The van der Waals surface area contributed by atoms with Crippen molar-refractivity contribution in [2.75, 3.05) is 5.32 Å². The Hall–Kier alpha value is -3.18. The molecule has 0 aliphatic rings. The Morgan fingerprint density at radius 1 is 0.852 bits per heavy atom. The lowest BCUT2D eigenvalue weighted by atomic mass is 10.1. The second-order valence-corrected chi connectivity index (χ2v) is 6.29. The maximum atomic E-state index is 12.9. The van der Waals surface area contributed by atoms with Gasteiger partial charge >= 0.3 is 0 Å². The summed E-state index contributed by atoms with van der Waals surface area (Å²) < 4.78 is 12.9. The third-order valence-corrected chi connectivity index (χ3v) is 4.09. The first kappa shape index (κ1) is 18.6. The summed E-state index contributed by atoms with van der Waals surface area (Å²) in [6.07, 6.45) is 0. The van der Waals surface area contributed by atoms with Gasteiger partial charge in [0, 0.05) is 28.4 Å². The minimum Gasteiger partial charge on any atom is -0.348 e. The van der Waals surface area contributed by atoms with E-state index in [2.05, 4.69) is 10.6 Å². The first-order valence-electron chi connectivity index (χ1n) is 8.21. The number of hydrogen-bond donors (Lipinski definition) is 2. The van der Waals surface area contributed by atoms with Crippen LogP contribution in [0.4, 0.5) is 10.1 Å². The molecule has 3 rings (SSSR count). The number of carbonyl (C=O) groups is 2. The fraction of sp³-hybridized carbons (Fsp3) is 0.0476. The van der Waals surface area contributed by atoms with Gasteiger partial charge in [0.25, 0.3) is 11.8 Å². The van der Waals surface area contributed by atoms with Gasteiger partial charge in [-0.1, -0.05) is 29.8 Å². The molecule has 0 aliphatic heterocycles. The zero-order valence-corrected chi connectivity index (χ0v) is 15.0. The highest BCUT2D eigenvalue weighted by Crippen LogP contribution is 2.16. The molecule has 0 fully saturated rings. The number of carbonyl (C=O) groups excluding carboxylic acids is 2. The van der Waals surface area contributed by atoms with Gasteiger partial charge < -0.3 is 10.6 Å². The lowest BCUT2D eigenvalue weighted by Gasteiger charge is -2.08. The second-order valence-electron chi connectivity index (χ2n) is 5.85. The summed E-state index contributed by atoms with van der Waals surface area (Å²) in [5, 5.41) is 6.03. The SMILES string of the molecule is O=C(NCc1ccc(F)cc1)c1ccc(C(=O)Nc2cccc(Cl)c2)cc1. The molecule has 0 atom stereocenters. The maximum absolute atomic E-state index is 12.9. The Balaban J connectivity index is 1.59. The molecular weight excluding hydrogens is 367 g/mol. The Kier molecular flexibility index (Phi) is 5.84. The van der Waals surface area contributed by atoms with Gasteiger partial charge in [0.15, 0.2) is 0 Å². The van der Waals surface area contributed by atoms with Gasteiger partial charge in [-0.05, 0) is 60.2 Å². The highest BCUT2D eigenvalue weighted by atomic mass is 35.5. The molecule has 0 radical (unpaired) electrons. The van der Waals surface area contributed by atoms with E-state index in [1.54, 1.807) is 60.7 Å². The lowest BCUT2D eigenvalue weighted by Crippen LogP contribution is -2.23. The van der Waals surface area contributed by atoms with Crippen LogP contribution in [0, 0.1) is 5.82 Å². The monoisotopic (exact) mass is 382 g/mol. The van der Waals surface area contributed by atoms with E-state index in [1.165, 1.54) is 12.1 Å². The fourth-order valence-electron chi connectivity index (χ4n) is 2.43. The highest BCUT2D eigenvalue weighted by molar-refractivity contribution is 6.31. The molecule has 136 valence electrons. The smallest absolute Gasteiger partial charge is 0.255 e. The van der Waals surface area contributed by atoms with Crippen molar-refractivity contribution >= 4 is 29.1 Å². The molecule has 3 aromatic carbocycles. The third kappa shape index (κ3) is 5.15. The largest absolute Gasteiger partial charge is 0.348 e. The summed E-state index contributed by atoms with van der Waals surface area (Å²) in [7, 11) is 0. The van der Waals surface area contributed by atoms with Crippen LogP contribution in [0.15, 0.2) is 72.8 Å². The second kappa shape index (κ2) is 8.47. The summed E-state index contributed by atoms with van der Waals surface area (Å²) in [4.78, 5) is 24.5. The van der Waals surface area contributed by atoms with E-state index in [9.17, 15) is 14.0 Å². The molecule has 0 heterocycles. The van der Waals surface area contributed by atoms with Crippen molar-refractivity contribution < 1.29 is 14.0 Å². The van der Waals surface area contributed by atoms with E-state index < -0.39 is 0 Å². The molecule has 6 heteroatoms. The van der Waals surface area contributed by atoms with Crippen LogP contribution in [0.3, 0.4) is 0 Å². The molecule has 0 saturated heterocycles. The lowest BCUT2D eigenvalue weighted by molar-refractivity contribution is 0.0949. The number of nitrogens with one attached hydrogen (secondary N) is 2. The van der Waals surface area contributed by atoms with E-state index in [-0.39, 0.29) is 24.2 Å². The fourth-order valence-corrected chi connectivity index (χ4v) is 2.62. The zero-order valence-electron chi connectivity index (χ0n) is 14.2. The van der Waals surface area contributed by atoms with Crippen molar-refractivity contribution in [3.63, 3.8) is 0 Å². The molecule has 27 heavy (non-hydrogen) atoms. The van der Waals surface area contributed by atoms with Crippen molar-refractivity contribution in [2.24, 2.45) is 0 Å². The van der Waals surface area contributed by atoms with Gasteiger partial charge in [0.1, 0.15) is 5.82 Å². The van der Waals surface area contributed by atoms with Gasteiger partial charge in [-0.25, -0.2) is 4.39 Å². The first-order chi connectivity index (χ1) is 13.0. The van der Waals surface area contributed by atoms with Crippen LogP contribution in [-0.2, 0) is 6.54 Å². The van der Waals surface area contributed by atoms with Gasteiger partial charge in [-0.3, -0.25) is 9.59 Å². The van der Waals surface area contributed by atoms with Crippen LogP contribution in [0.2, 0.25) is 5.02 Å². The van der Waals surface area contributed by atoms with Crippen LogP contribution in [-0.4, -0.2) is 11.8 Å². The van der Waals surface area contributed by atoms with Crippen molar-refractivity contribution in [1.82, 2.24) is 5.32 Å². The molecule has 0 aliphatic carbocycles. The Morgan fingerprint density at radius 2 is 1.48 bits per heavy atom. The average Bonchev–Trinajstić information content (AvgIpc) is 2.67. The summed E-state index contributed by atoms with van der Waals surface area (Å²) in [5.74, 6) is -0.895. The predicted octanol–water partition coefficient (Wildman–Crippen LogP) is 4.66. The van der Waals surface area contributed by atoms with E-state index in [0.29, 0.717) is 21.8 Å². The minimum absolute atomic E-state index is 0.277. The van der Waals surface area contributed by atoms with Gasteiger partial charge in [0.2, 0.25) is 0 Å². The highest BCUT2D eigenvalue weighted by Gasteiger charge is 2.09. The molecular formula is C21H16ClFN2O2. The first-order valence-corrected chi connectivity index (χ1v) is 8.59. The Morgan fingerprint density at radius 3 is 2.11 bits per heavy atom. The van der Waals surface area contributed by atoms with Crippen LogP contribution >= 0.6 is 11.6 Å². The number of halogens is 2. The summed E-state index contributed by atoms with van der Waals surface area (Å²) >= 11 is 5.90. The molecule has 0 spiro atoms. The molecule has 0 aromatic heterocycles. The summed E-state index contributed by atoms with van der Waals surface area (Å²) in [6, 6.07) is 19.1. The molecule has 0 unspecified atom stereocenters. The quantitative estimate of drug-likeness (QED) is 0.674. The molecule has 2 amide bonds. The van der Waals surface area contributed by atoms with E-state index in [1.807, 2.05) is 0 Å². The Bertz CT molecular complexity index is 957. The number of benzene rings is 3. The van der Waals surface area contributed by atoms with Crippen LogP contribution in [0.25, 0.3) is 0 Å². The van der Waals surface area contributed by atoms with E-state index in [4.69, 9.17) is 11.6 Å².